The first-order chi connectivity index (χ1) is 14.2. The Morgan fingerprint density at radius 2 is 1.86 bits per heavy atom. The van der Waals surface area contributed by atoms with Gasteiger partial charge in [0, 0.05) is 69.2 Å². The maximum absolute atomic E-state index is 4.80. The Morgan fingerprint density at radius 3 is 2.59 bits per heavy atom. The summed E-state index contributed by atoms with van der Waals surface area (Å²) in [5, 5.41) is 5.58. The summed E-state index contributed by atoms with van der Waals surface area (Å²) < 4.78 is 4.29. The van der Waals surface area contributed by atoms with Gasteiger partial charge in [0.25, 0.3) is 0 Å². The monoisotopic (exact) mass is 388 g/mol. The van der Waals surface area contributed by atoms with E-state index >= 15 is 0 Å². The standard InChI is InChI=1S/C23H28N6/c1-26-8-10-28(11-9-26)23-13-22-19(14-24-23)12-21(20-15-25-27(2)17-20)29(22)16-18-6-4-3-5-7-18/h4,6-7,12-15,17H,3,5,8-11,16H2,1-2H3. The van der Waals surface area contributed by atoms with Crippen LogP contribution in [0.25, 0.3) is 22.2 Å². The number of aryl methyl sites for hydroxylation is 1. The molecule has 6 heteroatoms. The minimum Gasteiger partial charge on any atom is -0.354 e. The molecule has 0 radical (unpaired) electrons. The van der Waals surface area contributed by atoms with E-state index in [4.69, 9.17) is 4.98 Å². The van der Waals surface area contributed by atoms with Gasteiger partial charge in [0.05, 0.1) is 17.4 Å². The second-order valence-electron chi connectivity index (χ2n) is 8.17. The van der Waals surface area contributed by atoms with Crippen LogP contribution in [-0.4, -0.2) is 57.5 Å². The van der Waals surface area contributed by atoms with Crippen molar-refractivity contribution in [2.45, 2.75) is 19.4 Å². The molecule has 1 aliphatic heterocycles. The van der Waals surface area contributed by atoms with Crippen LogP contribution in [0, 0.1) is 0 Å². The minimum absolute atomic E-state index is 0.871. The minimum atomic E-state index is 0.871. The quantitative estimate of drug-likeness (QED) is 0.686. The highest BCUT2D eigenvalue weighted by molar-refractivity contribution is 5.88. The van der Waals surface area contributed by atoms with Crippen molar-refractivity contribution in [3.05, 3.63) is 54.5 Å². The normalized spacial score (nSPS) is 17.9. The molecule has 0 amide bonds. The molecule has 0 atom stereocenters. The van der Waals surface area contributed by atoms with Crippen LogP contribution in [0.1, 0.15) is 12.8 Å². The van der Waals surface area contributed by atoms with Crippen molar-refractivity contribution in [2.24, 2.45) is 7.05 Å². The van der Waals surface area contributed by atoms with Gasteiger partial charge < -0.3 is 14.4 Å². The van der Waals surface area contributed by atoms with Crippen molar-refractivity contribution in [3.63, 3.8) is 0 Å². The number of hydrogen-bond donors (Lipinski definition) is 0. The third-order valence-electron chi connectivity index (χ3n) is 6.01. The van der Waals surface area contributed by atoms with E-state index in [-0.39, 0.29) is 0 Å². The van der Waals surface area contributed by atoms with E-state index < -0.39 is 0 Å². The molecule has 0 bridgehead atoms. The molecule has 3 aromatic rings. The van der Waals surface area contributed by atoms with Gasteiger partial charge in [-0.05, 0) is 31.5 Å². The number of allylic oxidation sites excluding steroid dienone is 4. The van der Waals surface area contributed by atoms with Gasteiger partial charge in [-0.15, -0.1) is 0 Å². The zero-order valence-corrected chi connectivity index (χ0v) is 17.3. The van der Waals surface area contributed by atoms with Crippen molar-refractivity contribution in [3.8, 4) is 11.3 Å². The van der Waals surface area contributed by atoms with Crippen LogP contribution in [0.15, 0.2) is 54.5 Å². The zero-order chi connectivity index (χ0) is 19.8. The Balaban J connectivity index is 1.59. The van der Waals surface area contributed by atoms with E-state index in [9.17, 15) is 0 Å². The van der Waals surface area contributed by atoms with Crippen LogP contribution in [0.5, 0.6) is 0 Å². The van der Waals surface area contributed by atoms with Crippen LogP contribution in [0.4, 0.5) is 5.82 Å². The molecular weight excluding hydrogens is 360 g/mol. The van der Waals surface area contributed by atoms with Crippen LogP contribution in [0.2, 0.25) is 0 Å². The highest BCUT2D eigenvalue weighted by atomic mass is 15.3. The zero-order valence-electron chi connectivity index (χ0n) is 17.3. The van der Waals surface area contributed by atoms with E-state index in [0.29, 0.717) is 0 Å². The van der Waals surface area contributed by atoms with E-state index in [1.165, 1.54) is 22.2 Å². The number of hydrogen-bond acceptors (Lipinski definition) is 4. The van der Waals surface area contributed by atoms with E-state index in [2.05, 4.69) is 63.1 Å². The maximum atomic E-state index is 4.80. The van der Waals surface area contributed by atoms with E-state index in [1.807, 2.05) is 24.1 Å². The second-order valence-corrected chi connectivity index (χ2v) is 8.17. The molecule has 3 aromatic heterocycles. The van der Waals surface area contributed by atoms with Crippen molar-refractivity contribution in [1.82, 2.24) is 24.2 Å². The molecule has 0 saturated carbocycles. The lowest BCUT2D eigenvalue weighted by Crippen LogP contribution is -2.44. The highest BCUT2D eigenvalue weighted by Gasteiger charge is 2.18. The molecule has 29 heavy (non-hydrogen) atoms. The molecule has 2 aliphatic rings. The molecule has 6 nitrogen and oxygen atoms in total. The number of aromatic nitrogens is 4. The fraction of sp³-hybridized carbons (Fsp3) is 0.391. The highest BCUT2D eigenvalue weighted by Crippen LogP contribution is 2.31. The Labute approximate surface area is 171 Å². The molecule has 1 fully saturated rings. The summed E-state index contributed by atoms with van der Waals surface area (Å²) in [6, 6.07) is 4.52. The van der Waals surface area contributed by atoms with Gasteiger partial charge >= 0.3 is 0 Å². The number of nitrogens with zero attached hydrogens (tertiary/aromatic N) is 6. The van der Waals surface area contributed by atoms with Crippen LogP contribution in [-0.2, 0) is 13.6 Å². The number of rotatable bonds is 4. The van der Waals surface area contributed by atoms with Crippen molar-refractivity contribution in [1.29, 1.82) is 0 Å². The third-order valence-corrected chi connectivity index (χ3v) is 6.01. The van der Waals surface area contributed by atoms with E-state index in [0.717, 1.165) is 56.9 Å². The summed E-state index contributed by atoms with van der Waals surface area (Å²) in [6.45, 7) is 5.09. The fourth-order valence-electron chi connectivity index (χ4n) is 4.28. The number of fused-ring (bicyclic) bond motifs is 1. The first-order valence-electron chi connectivity index (χ1n) is 10.4. The first-order valence-corrected chi connectivity index (χ1v) is 10.4. The van der Waals surface area contributed by atoms with Gasteiger partial charge in [-0.2, -0.15) is 5.10 Å². The van der Waals surface area contributed by atoms with Gasteiger partial charge in [-0.25, -0.2) is 4.98 Å². The molecule has 4 heterocycles. The Bertz CT molecular complexity index is 1080. The summed E-state index contributed by atoms with van der Waals surface area (Å²) in [4.78, 5) is 9.58. The number of pyridine rings is 1. The second kappa shape index (κ2) is 7.52. The Morgan fingerprint density at radius 1 is 1.00 bits per heavy atom. The summed E-state index contributed by atoms with van der Waals surface area (Å²) in [5.74, 6) is 1.08. The van der Waals surface area contributed by atoms with Gasteiger partial charge in [-0.3, -0.25) is 4.68 Å². The SMILES string of the molecule is CN1CCN(c2cc3c(cn2)cc(-c2cnn(C)c2)n3CC2=CCCC=C2)CC1. The molecule has 0 spiro atoms. The van der Waals surface area contributed by atoms with Crippen LogP contribution >= 0.6 is 0 Å². The van der Waals surface area contributed by atoms with Crippen molar-refractivity contribution in [2.75, 3.05) is 38.1 Å². The lowest BCUT2D eigenvalue weighted by Gasteiger charge is -2.33. The summed E-state index contributed by atoms with van der Waals surface area (Å²) in [5.41, 5.74) is 4.96. The topological polar surface area (TPSA) is 42.1 Å². The molecule has 1 aliphatic carbocycles. The predicted molar refractivity (Wildman–Crippen MR) is 118 cm³/mol. The lowest BCUT2D eigenvalue weighted by atomic mass is 10.1. The van der Waals surface area contributed by atoms with Gasteiger partial charge in [0.1, 0.15) is 5.82 Å². The average Bonchev–Trinajstić information content (AvgIpc) is 3.33. The predicted octanol–water partition coefficient (Wildman–Crippen LogP) is 3.47. The van der Waals surface area contributed by atoms with E-state index in [1.54, 1.807) is 0 Å². The van der Waals surface area contributed by atoms with Gasteiger partial charge in [0.15, 0.2) is 0 Å². The molecule has 5 rings (SSSR count). The molecule has 0 aromatic carbocycles. The third kappa shape index (κ3) is 3.60. The van der Waals surface area contributed by atoms with Gasteiger partial charge in [0.2, 0.25) is 0 Å². The molecule has 1 saturated heterocycles. The molecule has 150 valence electrons. The lowest BCUT2D eigenvalue weighted by molar-refractivity contribution is 0.312. The molecule has 0 N–H and O–H groups in total. The Kier molecular flexibility index (Phi) is 4.72. The fourth-order valence-corrected chi connectivity index (χ4v) is 4.28. The first kappa shape index (κ1) is 18.2. The number of piperazine rings is 1. The summed E-state index contributed by atoms with van der Waals surface area (Å²) in [6.07, 6.45) is 15.2. The number of likely N-dealkylation sites (N-methyl/N-ethyl adjacent to an activating group) is 1. The van der Waals surface area contributed by atoms with Crippen molar-refractivity contribution >= 4 is 16.7 Å². The average molecular weight is 389 g/mol. The Hall–Kier alpha value is -2.86. The number of anilines is 1. The maximum Gasteiger partial charge on any atom is 0.130 e. The van der Waals surface area contributed by atoms with Crippen molar-refractivity contribution < 1.29 is 0 Å². The molecule has 0 unspecified atom stereocenters. The molecular formula is C23H28N6. The van der Waals surface area contributed by atoms with Crippen LogP contribution in [0.3, 0.4) is 0 Å². The van der Waals surface area contributed by atoms with Crippen LogP contribution < -0.4 is 4.90 Å². The smallest absolute Gasteiger partial charge is 0.130 e. The van der Waals surface area contributed by atoms with Gasteiger partial charge in [-0.1, -0.05) is 18.2 Å². The summed E-state index contributed by atoms with van der Waals surface area (Å²) in [7, 11) is 4.15. The largest absolute Gasteiger partial charge is 0.354 e. The summed E-state index contributed by atoms with van der Waals surface area (Å²) >= 11 is 0.